The summed E-state index contributed by atoms with van der Waals surface area (Å²) in [5, 5.41) is 5.95. The van der Waals surface area contributed by atoms with Crippen LogP contribution in [0.1, 0.15) is 36.8 Å². The van der Waals surface area contributed by atoms with Crippen LogP contribution < -0.4 is 10.6 Å². The van der Waals surface area contributed by atoms with Crippen LogP contribution in [0.4, 0.5) is 0 Å². The largest absolute Gasteiger partial charge is 0.350 e. The molecule has 1 aliphatic rings. The maximum atomic E-state index is 13.0. The van der Waals surface area contributed by atoms with Crippen molar-refractivity contribution in [2.75, 3.05) is 0 Å². The molecule has 3 rings (SSSR count). The van der Waals surface area contributed by atoms with Crippen LogP contribution in [0.5, 0.6) is 0 Å². The summed E-state index contributed by atoms with van der Waals surface area (Å²) in [4.78, 5) is 33.4. The second-order valence-corrected chi connectivity index (χ2v) is 6.42. The molecule has 3 heterocycles. The van der Waals surface area contributed by atoms with Gasteiger partial charge in [0.25, 0.3) is 0 Å². The van der Waals surface area contributed by atoms with Gasteiger partial charge >= 0.3 is 0 Å². The zero-order valence-corrected chi connectivity index (χ0v) is 14.1. The van der Waals surface area contributed by atoms with Crippen LogP contribution in [-0.2, 0) is 22.6 Å². The number of carbonyl (C=O) groups is 2. The van der Waals surface area contributed by atoms with Crippen molar-refractivity contribution < 1.29 is 9.59 Å². The van der Waals surface area contributed by atoms with Gasteiger partial charge in [0.05, 0.1) is 0 Å². The third-order valence-electron chi connectivity index (χ3n) is 4.48. The molecule has 0 aliphatic carbocycles. The summed E-state index contributed by atoms with van der Waals surface area (Å²) in [5.41, 5.74) is 0.923. The predicted octanol–water partition coefficient (Wildman–Crippen LogP) is 1.76. The molecule has 1 saturated heterocycles. The smallest absolute Gasteiger partial charge is 0.246 e. The normalized spacial score (nSPS) is 20.4. The van der Waals surface area contributed by atoms with Crippen LogP contribution >= 0.6 is 0 Å². The first-order chi connectivity index (χ1) is 12.2. The number of carbonyl (C=O) groups excluding carboxylic acids is 2. The summed E-state index contributed by atoms with van der Waals surface area (Å²) in [6.45, 7) is 0.386. The second-order valence-electron chi connectivity index (χ2n) is 6.42. The molecule has 0 radical (unpaired) electrons. The zero-order valence-electron chi connectivity index (χ0n) is 14.1. The Morgan fingerprint density at radius 3 is 2.52 bits per heavy atom. The van der Waals surface area contributed by atoms with E-state index < -0.39 is 5.54 Å². The Kier molecular flexibility index (Phi) is 5.38. The van der Waals surface area contributed by atoms with E-state index in [1.807, 2.05) is 24.3 Å². The van der Waals surface area contributed by atoms with E-state index in [2.05, 4.69) is 20.6 Å². The first kappa shape index (κ1) is 17.1. The third-order valence-corrected chi connectivity index (χ3v) is 4.48. The van der Waals surface area contributed by atoms with Gasteiger partial charge in [0.2, 0.25) is 11.8 Å². The van der Waals surface area contributed by atoms with Gasteiger partial charge < -0.3 is 10.6 Å². The van der Waals surface area contributed by atoms with Crippen LogP contribution in [0.3, 0.4) is 0 Å². The van der Waals surface area contributed by atoms with Crippen LogP contribution in [0.15, 0.2) is 49.1 Å². The van der Waals surface area contributed by atoms with Crippen LogP contribution in [0, 0.1) is 0 Å². The number of hydrogen-bond donors (Lipinski definition) is 2. The van der Waals surface area contributed by atoms with Crippen molar-refractivity contribution >= 4 is 11.8 Å². The summed E-state index contributed by atoms with van der Waals surface area (Å²) in [6.07, 6.45) is 10.0. The van der Waals surface area contributed by atoms with E-state index in [0.717, 1.165) is 24.0 Å². The van der Waals surface area contributed by atoms with Crippen molar-refractivity contribution in [2.24, 2.45) is 0 Å². The maximum Gasteiger partial charge on any atom is 0.246 e. The highest BCUT2D eigenvalue weighted by Crippen LogP contribution is 2.24. The molecular weight excluding hydrogens is 316 g/mol. The Balaban J connectivity index is 1.79. The summed E-state index contributed by atoms with van der Waals surface area (Å²) >= 11 is 0. The minimum Gasteiger partial charge on any atom is -0.350 e. The average Bonchev–Trinajstić information content (AvgIpc) is 2.83. The molecule has 1 fully saturated rings. The van der Waals surface area contributed by atoms with E-state index in [9.17, 15) is 9.59 Å². The summed E-state index contributed by atoms with van der Waals surface area (Å²) in [6, 6.07) is 7.52. The van der Waals surface area contributed by atoms with E-state index in [-0.39, 0.29) is 11.8 Å². The van der Waals surface area contributed by atoms with Crippen LogP contribution in [0.2, 0.25) is 0 Å². The van der Waals surface area contributed by atoms with Crippen molar-refractivity contribution in [2.45, 2.75) is 44.2 Å². The van der Waals surface area contributed by atoms with Gasteiger partial charge in [0, 0.05) is 44.2 Å². The van der Waals surface area contributed by atoms with Crippen molar-refractivity contribution in [3.05, 3.63) is 60.2 Å². The van der Waals surface area contributed by atoms with Gasteiger partial charge in [-0.3, -0.25) is 19.6 Å². The molecular formula is C19H22N4O2. The van der Waals surface area contributed by atoms with Crippen LogP contribution in [-0.4, -0.2) is 27.3 Å². The summed E-state index contributed by atoms with van der Waals surface area (Å²) < 4.78 is 0. The topological polar surface area (TPSA) is 84.0 Å². The monoisotopic (exact) mass is 338 g/mol. The molecule has 25 heavy (non-hydrogen) atoms. The Hall–Kier alpha value is -2.76. The van der Waals surface area contributed by atoms with Gasteiger partial charge in [-0.2, -0.15) is 0 Å². The first-order valence-electron chi connectivity index (χ1n) is 8.55. The highest BCUT2D eigenvalue weighted by atomic mass is 16.2. The second kappa shape index (κ2) is 7.88. The van der Waals surface area contributed by atoms with Crippen LogP contribution in [0.25, 0.3) is 0 Å². The molecule has 0 spiro atoms. The van der Waals surface area contributed by atoms with Crippen molar-refractivity contribution in [3.63, 3.8) is 0 Å². The standard InChI is InChI=1S/C19H22N4O2/c24-17-7-1-2-8-19(23-17,11-15-5-3-9-20-12-15)18(25)22-14-16-6-4-10-21-13-16/h3-6,9-10,12-13H,1-2,7-8,11,14H2,(H,22,25)(H,23,24). The number of nitrogens with zero attached hydrogens (tertiary/aromatic N) is 2. The molecule has 1 atom stereocenters. The molecule has 0 bridgehead atoms. The highest BCUT2D eigenvalue weighted by Gasteiger charge is 2.40. The van der Waals surface area contributed by atoms with Crippen molar-refractivity contribution in [3.8, 4) is 0 Å². The van der Waals surface area contributed by atoms with Crippen molar-refractivity contribution in [1.82, 2.24) is 20.6 Å². The molecule has 2 aromatic rings. The molecule has 6 nitrogen and oxygen atoms in total. The number of hydrogen-bond acceptors (Lipinski definition) is 4. The number of pyridine rings is 2. The minimum absolute atomic E-state index is 0.0714. The molecule has 130 valence electrons. The Morgan fingerprint density at radius 2 is 1.84 bits per heavy atom. The molecule has 2 aromatic heterocycles. The molecule has 2 amide bonds. The van der Waals surface area contributed by atoms with E-state index in [0.29, 0.717) is 25.8 Å². The number of rotatable bonds is 5. The van der Waals surface area contributed by atoms with Gasteiger partial charge in [-0.1, -0.05) is 18.6 Å². The average molecular weight is 338 g/mol. The fourth-order valence-electron chi connectivity index (χ4n) is 3.19. The summed E-state index contributed by atoms with van der Waals surface area (Å²) in [5.74, 6) is -0.228. The lowest BCUT2D eigenvalue weighted by Gasteiger charge is -2.32. The van der Waals surface area contributed by atoms with Gasteiger partial charge in [-0.15, -0.1) is 0 Å². The lowest BCUT2D eigenvalue weighted by molar-refractivity contribution is -0.133. The molecule has 0 aromatic carbocycles. The Morgan fingerprint density at radius 1 is 1.12 bits per heavy atom. The quantitative estimate of drug-likeness (QED) is 0.870. The molecule has 2 N–H and O–H groups in total. The zero-order chi connectivity index (χ0) is 17.5. The Labute approximate surface area is 147 Å². The number of amides is 2. The fourth-order valence-corrected chi connectivity index (χ4v) is 3.19. The molecule has 6 heteroatoms. The highest BCUT2D eigenvalue weighted by molar-refractivity contribution is 5.92. The van der Waals surface area contributed by atoms with Gasteiger partial charge in [-0.25, -0.2) is 0 Å². The van der Waals surface area contributed by atoms with Gasteiger partial charge in [-0.05, 0) is 36.1 Å². The lowest BCUT2D eigenvalue weighted by atomic mass is 9.86. The first-order valence-corrected chi connectivity index (χ1v) is 8.55. The Bertz CT molecular complexity index is 721. The summed E-state index contributed by atoms with van der Waals surface area (Å²) in [7, 11) is 0. The van der Waals surface area contributed by atoms with E-state index >= 15 is 0 Å². The molecule has 1 unspecified atom stereocenters. The van der Waals surface area contributed by atoms with Crippen molar-refractivity contribution in [1.29, 1.82) is 0 Å². The predicted molar refractivity (Wildman–Crippen MR) is 93.4 cm³/mol. The lowest BCUT2D eigenvalue weighted by Crippen LogP contribution is -2.59. The SMILES string of the molecule is O=C1CCCCC(Cc2cccnc2)(C(=O)NCc2cccnc2)N1. The third kappa shape index (κ3) is 4.41. The molecule has 1 aliphatic heterocycles. The number of aromatic nitrogens is 2. The van der Waals surface area contributed by atoms with Gasteiger partial charge in [0.15, 0.2) is 0 Å². The van der Waals surface area contributed by atoms with E-state index in [4.69, 9.17) is 0 Å². The van der Waals surface area contributed by atoms with Gasteiger partial charge in [0.1, 0.15) is 5.54 Å². The van der Waals surface area contributed by atoms with E-state index in [1.54, 1.807) is 24.8 Å². The fraction of sp³-hybridized carbons (Fsp3) is 0.368. The molecule has 0 saturated carbocycles. The maximum absolute atomic E-state index is 13.0. The minimum atomic E-state index is -0.932. The van der Waals surface area contributed by atoms with E-state index in [1.165, 1.54) is 0 Å². The number of nitrogens with one attached hydrogen (secondary N) is 2.